The molecule has 0 aromatic heterocycles. The minimum atomic E-state index is -0.897. The van der Waals surface area contributed by atoms with Gasteiger partial charge in [-0.25, -0.2) is 9.79 Å². The van der Waals surface area contributed by atoms with E-state index >= 15 is 0 Å². The molecule has 2 saturated heterocycles. The molecular formula is C20H35N7O3. The third-order valence-electron chi connectivity index (χ3n) is 5.35. The fraction of sp³-hybridized carbons (Fsp3) is 0.800. The number of hydrogen-bond acceptors (Lipinski definition) is 6. The molecule has 4 N–H and O–H groups in total. The van der Waals surface area contributed by atoms with Gasteiger partial charge in [-0.05, 0) is 31.7 Å². The van der Waals surface area contributed by atoms with Gasteiger partial charge in [0, 0.05) is 26.2 Å². The highest BCUT2D eigenvalue weighted by molar-refractivity contribution is 5.97. The van der Waals surface area contributed by atoms with Crippen molar-refractivity contribution in [1.82, 2.24) is 20.4 Å². The van der Waals surface area contributed by atoms with Crippen LogP contribution in [0.3, 0.4) is 0 Å². The fourth-order valence-electron chi connectivity index (χ4n) is 3.59. The molecule has 2 rings (SSSR count). The Balaban J connectivity index is 2.28. The van der Waals surface area contributed by atoms with E-state index in [0.29, 0.717) is 45.6 Å². The molecule has 3 amide bonds. The smallest absolute Gasteiger partial charge is 0.318 e. The summed E-state index contributed by atoms with van der Waals surface area (Å²) in [4.78, 5) is 33.4. The molecule has 2 heterocycles. The lowest BCUT2D eigenvalue weighted by atomic mass is 9.86. The van der Waals surface area contributed by atoms with Crippen LogP contribution in [0.4, 0.5) is 4.79 Å². The SMILES string of the molecule is CN1CCC(C#N)(NC(=O)C(CC(C)(C)C)N=C(NC(N)=O)N2CCOCC2)CC1. The molecule has 2 fully saturated rings. The first-order valence-corrected chi connectivity index (χ1v) is 10.4. The van der Waals surface area contributed by atoms with Crippen LogP contribution in [0.2, 0.25) is 0 Å². The molecule has 2 aliphatic heterocycles. The van der Waals surface area contributed by atoms with Gasteiger partial charge in [0.05, 0.1) is 19.3 Å². The van der Waals surface area contributed by atoms with Crippen LogP contribution < -0.4 is 16.4 Å². The standard InChI is InChI=1S/C20H35N7O3/c1-19(2,3)13-15(16(28)25-20(14-21)5-7-26(4)8-6-20)23-18(24-17(22)29)27-9-11-30-12-10-27/h15H,5-13H2,1-4H3,(H,25,28)(H3,22,23,24,29). The number of nitriles is 1. The normalized spacial score (nSPS) is 21.4. The Kier molecular flexibility index (Phi) is 8.03. The Labute approximate surface area is 178 Å². The number of piperidine rings is 1. The maximum Gasteiger partial charge on any atom is 0.318 e. The molecule has 0 radical (unpaired) electrons. The second-order valence-corrected chi connectivity index (χ2v) is 9.31. The average molecular weight is 422 g/mol. The summed E-state index contributed by atoms with van der Waals surface area (Å²) in [6.45, 7) is 9.62. The summed E-state index contributed by atoms with van der Waals surface area (Å²) in [6, 6.07) is 0.810. The number of nitrogens with two attached hydrogens (primary N) is 1. The summed E-state index contributed by atoms with van der Waals surface area (Å²) in [7, 11) is 2.00. The molecule has 1 atom stereocenters. The van der Waals surface area contributed by atoms with Crippen molar-refractivity contribution in [2.75, 3.05) is 46.4 Å². The fourth-order valence-corrected chi connectivity index (χ4v) is 3.59. The number of hydrogen-bond donors (Lipinski definition) is 3. The van der Waals surface area contributed by atoms with Crippen molar-refractivity contribution in [1.29, 1.82) is 5.26 Å². The number of likely N-dealkylation sites (tertiary alicyclic amines) is 1. The summed E-state index contributed by atoms with van der Waals surface area (Å²) < 4.78 is 5.36. The van der Waals surface area contributed by atoms with Crippen LogP contribution in [0.1, 0.15) is 40.0 Å². The number of nitrogens with zero attached hydrogens (tertiary/aromatic N) is 4. The molecule has 10 nitrogen and oxygen atoms in total. The van der Waals surface area contributed by atoms with Crippen LogP contribution in [0.5, 0.6) is 0 Å². The summed E-state index contributed by atoms with van der Waals surface area (Å²) in [5.74, 6) is -0.0438. The van der Waals surface area contributed by atoms with Gasteiger partial charge in [0.2, 0.25) is 11.9 Å². The van der Waals surface area contributed by atoms with Crippen molar-refractivity contribution in [3.05, 3.63) is 0 Å². The van der Waals surface area contributed by atoms with Crippen LogP contribution in [0, 0.1) is 16.7 Å². The Morgan fingerprint density at radius 1 is 1.23 bits per heavy atom. The highest BCUT2D eigenvalue weighted by Gasteiger charge is 2.38. The van der Waals surface area contributed by atoms with Crippen molar-refractivity contribution in [3.63, 3.8) is 0 Å². The van der Waals surface area contributed by atoms with E-state index in [2.05, 4.69) is 26.6 Å². The molecule has 0 aromatic rings. The first-order valence-electron chi connectivity index (χ1n) is 10.4. The van der Waals surface area contributed by atoms with Crippen molar-refractivity contribution in [2.45, 2.75) is 51.6 Å². The highest BCUT2D eigenvalue weighted by atomic mass is 16.5. The van der Waals surface area contributed by atoms with Crippen molar-refractivity contribution < 1.29 is 14.3 Å². The summed E-state index contributed by atoms with van der Waals surface area (Å²) in [6.07, 6.45) is 1.58. The molecule has 0 aromatic carbocycles. The monoisotopic (exact) mass is 421 g/mol. The molecule has 1 unspecified atom stereocenters. The molecule has 30 heavy (non-hydrogen) atoms. The molecule has 0 bridgehead atoms. The quantitative estimate of drug-likeness (QED) is 0.440. The van der Waals surface area contributed by atoms with Gasteiger partial charge in [-0.1, -0.05) is 20.8 Å². The van der Waals surface area contributed by atoms with E-state index in [0.717, 1.165) is 13.1 Å². The summed E-state index contributed by atoms with van der Waals surface area (Å²) in [5, 5.41) is 15.3. The van der Waals surface area contributed by atoms with Crippen molar-refractivity contribution in [3.8, 4) is 6.07 Å². The van der Waals surface area contributed by atoms with Crippen LogP contribution in [-0.2, 0) is 9.53 Å². The lowest BCUT2D eigenvalue weighted by Crippen LogP contribution is -2.57. The Hall–Kier alpha value is -2.38. The summed E-state index contributed by atoms with van der Waals surface area (Å²) in [5.41, 5.74) is 4.26. The molecule has 10 heteroatoms. The number of amides is 3. The van der Waals surface area contributed by atoms with Gasteiger partial charge in [0.25, 0.3) is 0 Å². The van der Waals surface area contributed by atoms with Crippen LogP contribution in [0.25, 0.3) is 0 Å². The Morgan fingerprint density at radius 3 is 2.33 bits per heavy atom. The molecule has 0 spiro atoms. The predicted molar refractivity (Wildman–Crippen MR) is 114 cm³/mol. The van der Waals surface area contributed by atoms with Crippen LogP contribution >= 0.6 is 0 Å². The lowest BCUT2D eigenvalue weighted by molar-refractivity contribution is -0.124. The zero-order chi connectivity index (χ0) is 22.4. The van der Waals surface area contributed by atoms with E-state index in [1.165, 1.54) is 0 Å². The zero-order valence-corrected chi connectivity index (χ0v) is 18.5. The molecule has 0 saturated carbocycles. The first-order chi connectivity index (χ1) is 14.0. The number of primary amides is 1. The molecule has 168 valence electrons. The van der Waals surface area contributed by atoms with Gasteiger partial charge in [-0.15, -0.1) is 0 Å². The highest BCUT2D eigenvalue weighted by Crippen LogP contribution is 2.25. The number of nitrogens with one attached hydrogen (secondary N) is 2. The number of rotatable bonds is 4. The number of carbonyl (C=O) groups excluding carboxylic acids is 2. The second-order valence-electron chi connectivity index (χ2n) is 9.31. The van der Waals surface area contributed by atoms with E-state index in [1.807, 2.05) is 32.7 Å². The minimum absolute atomic E-state index is 0.194. The van der Waals surface area contributed by atoms with Gasteiger partial charge in [-0.2, -0.15) is 5.26 Å². The number of urea groups is 1. The number of guanidine groups is 1. The molecule has 0 aliphatic carbocycles. The van der Waals surface area contributed by atoms with Crippen molar-refractivity contribution in [2.24, 2.45) is 16.1 Å². The van der Waals surface area contributed by atoms with E-state index in [-0.39, 0.29) is 17.3 Å². The van der Waals surface area contributed by atoms with Gasteiger partial charge >= 0.3 is 6.03 Å². The number of aliphatic imine (C=N–C) groups is 1. The minimum Gasteiger partial charge on any atom is -0.378 e. The van der Waals surface area contributed by atoms with E-state index < -0.39 is 17.6 Å². The Morgan fingerprint density at radius 2 is 1.83 bits per heavy atom. The van der Waals surface area contributed by atoms with Gasteiger partial charge in [0.15, 0.2) is 0 Å². The lowest BCUT2D eigenvalue weighted by Gasteiger charge is -2.37. The van der Waals surface area contributed by atoms with Crippen LogP contribution in [-0.4, -0.2) is 85.7 Å². The maximum atomic E-state index is 13.3. The topological polar surface area (TPSA) is 136 Å². The van der Waals surface area contributed by atoms with Gasteiger partial charge in [-0.3, -0.25) is 10.1 Å². The third kappa shape index (κ3) is 7.15. The van der Waals surface area contributed by atoms with Crippen molar-refractivity contribution >= 4 is 17.9 Å². The van der Waals surface area contributed by atoms with E-state index in [4.69, 9.17) is 10.5 Å². The third-order valence-corrected chi connectivity index (χ3v) is 5.35. The summed E-state index contributed by atoms with van der Waals surface area (Å²) >= 11 is 0. The number of carbonyl (C=O) groups is 2. The Bertz CT molecular complexity index is 681. The van der Waals surface area contributed by atoms with Gasteiger partial charge < -0.3 is 25.6 Å². The second kappa shape index (κ2) is 10.1. The molecular weight excluding hydrogens is 386 g/mol. The van der Waals surface area contributed by atoms with Crippen LogP contribution in [0.15, 0.2) is 4.99 Å². The van der Waals surface area contributed by atoms with E-state index in [9.17, 15) is 14.9 Å². The van der Waals surface area contributed by atoms with E-state index in [1.54, 1.807) is 0 Å². The molecule has 2 aliphatic rings. The maximum absolute atomic E-state index is 13.3. The largest absolute Gasteiger partial charge is 0.378 e. The predicted octanol–water partition coefficient (Wildman–Crippen LogP) is 0.252. The first kappa shape index (κ1) is 23.9. The van der Waals surface area contributed by atoms with Gasteiger partial charge in [0.1, 0.15) is 11.6 Å². The average Bonchev–Trinajstić information content (AvgIpc) is 2.68. The number of morpholine rings is 1. The number of ether oxygens (including phenoxy) is 1. The zero-order valence-electron chi connectivity index (χ0n) is 18.5.